The normalized spacial score (nSPS) is 22.6. The number of rotatable bonds is 10. The maximum absolute atomic E-state index is 12.7. The fourth-order valence-corrected chi connectivity index (χ4v) is 6.97. The van der Waals surface area contributed by atoms with Crippen LogP contribution in [0, 0.1) is 23.2 Å². The number of aliphatic hydroxyl groups is 2. The number of imidazole rings is 1. The van der Waals surface area contributed by atoms with Crippen molar-refractivity contribution >= 4 is 40.2 Å². The molecule has 0 aliphatic heterocycles. The molecule has 5 aromatic rings. The average molecular weight is 667 g/mol. The number of benzene rings is 2. The highest BCUT2D eigenvalue weighted by molar-refractivity contribution is 6.30. The van der Waals surface area contributed by atoms with Crippen molar-refractivity contribution in [2.45, 2.75) is 56.9 Å². The van der Waals surface area contributed by atoms with Crippen LogP contribution in [-0.4, -0.2) is 69.9 Å². The van der Waals surface area contributed by atoms with E-state index in [1.165, 1.54) is 7.05 Å². The van der Waals surface area contributed by atoms with Gasteiger partial charge in [-0.2, -0.15) is 0 Å². The minimum atomic E-state index is -1.20. The lowest BCUT2D eigenvalue weighted by Crippen LogP contribution is -2.41. The summed E-state index contributed by atoms with van der Waals surface area (Å²) in [6.07, 6.45) is 4.72. The summed E-state index contributed by atoms with van der Waals surface area (Å²) in [5.74, 6) is 6.54. The highest BCUT2D eigenvalue weighted by atomic mass is 35.5. The molecule has 13 nitrogen and oxygen atoms in total. The topological polar surface area (TPSA) is 182 Å². The van der Waals surface area contributed by atoms with Crippen LogP contribution in [0.3, 0.4) is 0 Å². The molecule has 5 atom stereocenters. The Morgan fingerprint density at radius 3 is 2.79 bits per heavy atom. The van der Waals surface area contributed by atoms with E-state index in [0.717, 1.165) is 36.2 Å². The van der Waals surface area contributed by atoms with Gasteiger partial charge < -0.3 is 31.1 Å². The number of aliphatic hydroxyl groups excluding tert-OH is 2. The second-order valence-electron chi connectivity index (χ2n) is 12.3. The van der Waals surface area contributed by atoms with Gasteiger partial charge in [0.1, 0.15) is 6.10 Å². The molecule has 1 amide bonds. The first-order chi connectivity index (χ1) is 23.3. The number of hydrogen-bond donors (Lipinski definition) is 5. The Bertz CT molecular complexity index is 2030. The minimum Gasteiger partial charge on any atom is -0.399 e. The number of nitrogens with one attached hydrogen (secondary N) is 2. The Morgan fingerprint density at radius 1 is 1.17 bits per heavy atom. The van der Waals surface area contributed by atoms with E-state index in [4.69, 9.17) is 22.3 Å². The van der Waals surface area contributed by atoms with E-state index < -0.39 is 23.7 Å². The first-order valence-corrected chi connectivity index (χ1v) is 16.2. The highest BCUT2D eigenvalue weighted by Gasteiger charge is 2.75. The molecule has 3 heterocycles. The van der Waals surface area contributed by atoms with Gasteiger partial charge in [0.2, 0.25) is 11.7 Å². The second-order valence-corrected chi connectivity index (χ2v) is 12.8. The van der Waals surface area contributed by atoms with Gasteiger partial charge in [-0.25, -0.2) is 19.6 Å². The van der Waals surface area contributed by atoms with Crippen molar-refractivity contribution in [3.05, 3.63) is 83.2 Å². The van der Waals surface area contributed by atoms with Crippen molar-refractivity contribution in [3.63, 3.8) is 0 Å². The number of nitrogens with zero attached hydrogens (tertiary/aromatic N) is 7. The standard InChI is InChI=1S/C34H35ClN10O3/c1-37-33(48)34-16-25(34)28(29(46)30(34)47)44-19-39-27-31(38-17-20-7-6-8-21(35)15-20)40-26(41-32(27)44)10-5-3-2-4-9-23-18-45(43-42-23)24-13-11-22(36)12-14-24/h6-8,11-15,18-19,25,28-30,46-47H,2-4,9,16-17,36H2,1H3,(H,37,48)(H,38,40,41)/t25-,28-,29+,30+,34+/m1/s1. The van der Waals surface area contributed by atoms with Gasteiger partial charge in [-0.05, 0) is 73.6 Å². The molecular weight excluding hydrogens is 632 g/mol. The maximum Gasteiger partial charge on any atom is 0.229 e. The molecule has 2 aromatic carbocycles. The number of halogens is 1. The number of carbonyl (C=O) groups is 1. The van der Waals surface area contributed by atoms with E-state index in [1.807, 2.05) is 54.7 Å². The number of nitrogen functional groups attached to an aromatic ring is 1. The minimum absolute atomic E-state index is 0.264. The van der Waals surface area contributed by atoms with Gasteiger partial charge in [-0.3, -0.25) is 4.79 Å². The molecule has 0 radical (unpaired) electrons. The van der Waals surface area contributed by atoms with E-state index in [2.05, 4.69) is 42.8 Å². The number of nitrogens with two attached hydrogens (primary N) is 1. The zero-order valence-corrected chi connectivity index (χ0v) is 27.0. The molecule has 0 unspecified atom stereocenters. The molecule has 0 saturated heterocycles. The lowest BCUT2D eigenvalue weighted by Gasteiger charge is -2.23. The number of unbranched alkanes of at least 4 members (excludes halogenated alkanes) is 2. The summed E-state index contributed by atoms with van der Waals surface area (Å²) < 4.78 is 3.48. The van der Waals surface area contributed by atoms with Crippen LogP contribution in [0.25, 0.3) is 16.9 Å². The quantitative estimate of drug-likeness (QED) is 0.0844. The third kappa shape index (κ3) is 5.83. The van der Waals surface area contributed by atoms with Crippen molar-refractivity contribution < 1.29 is 15.0 Å². The van der Waals surface area contributed by atoms with Crippen LogP contribution in [0.1, 0.15) is 48.8 Å². The Balaban J connectivity index is 1.08. The summed E-state index contributed by atoms with van der Waals surface area (Å²) in [6, 6.07) is 14.4. The van der Waals surface area contributed by atoms with Gasteiger partial charge in [0.05, 0.1) is 41.5 Å². The Labute approximate surface area is 281 Å². The van der Waals surface area contributed by atoms with E-state index in [0.29, 0.717) is 52.9 Å². The van der Waals surface area contributed by atoms with Gasteiger partial charge in [-0.1, -0.05) is 34.9 Å². The average Bonchev–Trinajstić information content (AvgIpc) is 3.32. The lowest BCUT2D eigenvalue weighted by atomic mass is 9.98. The smallest absolute Gasteiger partial charge is 0.229 e. The van der Waals surface area contributed by atoms with E-state index in [-0.39, 0.29) is 11.8 Å². The lowest BCUT2D eigenvalue weighted by molar-refractivity contribution is -0.132. The summed E-state index contributed by atoms with van der Waals surface area (Å²) >= 11 is 6.20. The molecule has 3 aromatic heterocycles. The molecule has 48 heavy (non-hydrogen) atoms. The summed E-state index contributed by atoms with van der Waals surface area (Å²) in [7, 11) is 1.54. The number of aryl methyl sites for hydroxylation is 1. The van der Waals surface area contributed by atoms with Gasteiger partial charge in [0.15, 0.2) is 17.0 Å². The van der Waals surface area contributed by atoms with Crippen LogP contribution >= 0.6 is 11.6 Å². The van der Waals surface area contributed by atoms with Crippen molar-refractivity contribution in [3.8, 4) is 17.5 Å². The number of carbonyl (C=O) groups excluding carboxylic acids is 1. The molecule has 2 aliphatic rings. The van der Waals surface area contributed by atoms with Crippen molar-refractivity contribution in [1.82, 2.24) is 39.8 Å². The largest absolute Gasteiger partial charge is 0.399 e. The number of anilines is 2. The van der Waals surface area contributed by atoms with Gasteiger partial charge in [0, 0.05) is 36.6 Å². The number of aromatic nitrogens is 7. The SMILES string of the molecule is CNC(=O)[C@@]12C[C@@H]1[C@@H](n1cnc3c(NCc4cccc(Cl)c4)nc(C#CCCCCc4cn(-c5ccc(N)cc5)nn4)nc31)[C@H](O)[C@@H]2O. The van der Waals surface area contributed by atoms with Crippen LogP contribution in [0.4, 0.5) is 11.5 Å². The van der Waals surface area contributed by atoms with Crippen molar-refractivity contribution in [1.29, 1.82) is 0 Å². The fourth-order valence-electron chi connectivity index (χ4n) is 6.76. The van der Waals surface area contributed by atoms with Gasteiger partial charge in [0.25, 0.3) is 0 Å². The number of amides is 1. The number of hydrogen-bond acceptors (Lipinski definition) is 10. The zero-order valence-electron chi connectivity index (χ0n) is 26.2. The Hall–Kier alpha value is -5.03. The molecule has 7 rings (SSSR count). The van der Waals surface area contributed by atoms with Crippen LogP contribution in [0.2, 0.25) is 5.02 Å². The summed E-state index contributed by atoms with van der Waals surface area (Å²) in [5.41, 5.74) is 9.16. The fraction of sp³-hybridized carbons (Fsp3) is 0.353. The molecule has 6 N–H and O–H groups in total. The third-order valence-electron chi connectivity index (χ3n) is 9.30. The van der Waals surface area contributed by atoms with Gasteiger partial charge in [-0.15, -0.1) is 5.10 Å². The zero-order chi connectivity index (χ0) is 33.4. The van der Waals surface area contributed by atoms with Crippen molar-refractivity contribution in [2.24, 2.45) is 11.3 Å². The Kier molecular flexibility index (Phi) is 8.47. The van der Waals surface area contributed by atoms with Crippen LogP contribution in [0.15, 0.2) is 61.1 Å². The summed E-state index contributed by atoms with van der Waals surface area (Å²) in [5, 5.41) is 37.1. The predicted molar refractivity (Wildman–Crippen MR) is 180 cm³/mol. The predicted octanol–water partition coefficient (Wildman–Crippen LogP) is 3.05. The van der Waals surface area contributed by atoms with E-state index in [1.54, 1.807) is 15.6 Å². The molecule has 2 aliphatic carbocycles. The highest BCUT2D eigenvalue weighted by Crippen LogP contribution is 2.67. The maximum atomic E-state index is 12.7. The van der Waals surface area contributed by atoms with Crippen LogP contribution in [-0.2, 0) is 17.8 Å². The van der Waals surface area contributed by atoms with Crippen LogP contribution < -0.4 is 16.4 Å². The monoisotopic (exact) mass is 666 g/mol. The van der Waals surface area contributed by atoms with E-state index >= 15 is 0 Å². The first kappa shape index (κ1) is 31.6. The Morgan fingerprint density at radius 2 is 2.00 bits per heavy atom. The molecule has 246 valence electrons. The molecule has 2 fully saturated rings. The van der Waals surface area contributed by atoms with E-state index in [9.17, 15) is 15.0 Å². The first-order valence-electron chi connectivity index (χ1n) is 15.9. The third-order valence-corrected chi connectivity index (χ3v) is 9.53. The number of fused-ring (bicyclic) bond motifs is 2. The summed E-state index contributed by atoms with van der Waals surface area (Å²) in [4.78, 5) is 26.8. The van der Waals surface area contributed by atoms with Crippen LogP contribution in [0.5, 0.6) is 0 Å². The molecule has 0 spiro atoms. The molecule has 2 saturated carbocycles. The van der Waals surface area contributed by atoms with Crippen molar-refractivity contribution in [2.75, 3.05) is 18.1 Å². The molecule has 14 heteroatoms. The second kappa shape index (κ2) is 12.9. The van der Waals surface area contributed by atoms with Gasteiger partial charge >= 0.3 is 0 Å². The summed E-state index contributed by atoms with van der Waals surface area (Å²) in [6.45, 7) is 0.433. The molecule has 0 bridgehead atoms. The molecular formula is C34H35ClN10O3.